The number of nitrogens with zero attached hydrogens (tertiary/aromatic N) is 2. The predicted octanol–water partition coefficient (Wildman–Crippen LogP) is 2.26. The smallest absolute Gasteiger partial charge is 0.254 e. The second kappa shape index (κ2) is 4.59. The third kappa shape index (κ3) is 1.70. The lowest BCUT2D eigenvalue weighted by atomic mass is 9.83. The summed E-state index contributed by atoms with van der Waals surface area (Å²) in [4.78, 5) is 21.2. The van der Waals surface area contributed by atoms with Crippen molar-refractivity contribution in [3.63, 3.8) is 0 Å². The van der Waals surface area contributed by atoms with E-state index < -0.39 is 0 Å². The molecular weight excluding hydrogens is 274 g/mol. The van der Waals surface area contributed by atoms with Gasteiger partial charge in [0.05, 0.1) is 0 Å². The van der Waals surface area contributed by atoms with Crippen molar-refractivity contribution in [2.45, 2.75) is 25.3 Å². The Morgan fingerprint density at radius 3 is 2.77 bits per heavy atom. The molecule has 1 aromatic heterocycles. The van der Waals surface area contributed by atoms with Crippen LogP contribution in [0.5, 0.6) is 0 Å². The molecule has 2 bridgehead atoms. The summed E-state index contributed by atoms with van der Waals surface area (Å²) >= 11 is 0. The summed E-state index contributed by atoms with van der Waals surface area (Å²) in [6.07, 6.45) is 5.56. The Kier molecular flexibility index (Phi) is 2.65. The molecule has 0 spiro atoms. The van der Waals surface area contributed by atoms with Gasteiger partial charge in [-0.05, 0) is 56.0 Å². The van der Waals surface area contributed by atoms with Crippen molar-refractivity contribution in [2.24, 2.45) is 5.92 Å². The molecule has 4 heteroatoms. The summed E-state index contributed by atoms with van der Waals surface area (Å²) < 4.78 is 0. The highest BCUT2D eigenvalue weighted by Crippen LogP contribution is 2.34. The Morgan fingerprint density at radius 2 is 2.00 bits per heavy atom. The van der Waals surface area contributed by atoms with Crippen molar-refractivity contribution in [3.8, 4) is 0 Å². The molecule has 114 valence electrons. The Hall–Kier alpha value is -1.81. The molecule has 2 aromatic rings. The van der Waals surface area contributed by atoms with Crippen LogP contribution in [-0.2, 0) is 6.42 Å². The molecule has 6 rings (SSSR count). The predicted molar refractivity (Wildman–Crippen MR) is 86.0 cm³/mol. The molecule has 0 radical (unpaired) electrons. The molecule has 4 aliphatic heterocycles. The van der Waals surface area contributed by atoms with Gasteiger partial charge < -0.3 is 14.8 Å². The number of aromatic amines is 1. The van der Waals surface area contributed by atoms with Gasteiger partial charge in [0.25, 0.3) is 5.91 Å². The zero-order valence-electron chi connectivity index (χ0n) is 12.7. The van der Waals surface area contributed by atoms with Crippen molar-refractivity contribution in [1.29, 1.82) is 0 Å². The van der Waals surface area contributed by atoms with Gasteiger partial charge in [-0.25, -0.2) is 0 Å². The Morgan fingerprint density at radius 1 is 1.14 bits per heavy atom. The first-order valence-electron chi connectivity index (χ1n) is 8.43. The van der Waals surface area contributed by atoms with Gasteiger partial charge in [0.1, 0.15) is 0 Å². The fraction of sp³-hybridized carbons (Fsp3) is 0.500. The number of hydrogen-bond acceptors (Lipinski definition) is 2. The largest absolute Gasteiger partial charge is 0.361 e. The summed E-state index contributed by atoms with van der Waals surface area (Å²) in [6, 6.07) is 6.48. The number of carbonyl (C=O) groups is 1. The second-order valence-electron chi connectivity index (χ2n) is 7.00. The fourth-order valence-corrected chi connectivity index (χ4v) is 4.73. The molecule has 1 atom stereocenters. The molecule has 5 heterocycles. The molecule has 4 aliphatic rings. The highest BCUT2D eigenvalue weighted by molar-refractivity contribution is 6.08. The maximum absolute atomic E-state index is 13.2. The molecule has 1 amide bonds. The van der Waals surface area contributed by atoms with Gasteiger partial charge in [-0.15, -0.1) is 0 Å². The lowest BCUT2D eigenvalue weighted by Gasteiger charge is -2.49. The number of hydrogen-bond donors (Lipinski definition) is 1. The maximum atomic E-state index is 13.2. The highest BCUT2D eigenvalue weighted by atomic mass is 16.2. The van der Waals surface area contributed by atoms with Gasteiger partial charge in [0.15, 0.2) is 0 Å². The Balaban J connectivity index is 1.56. The minimum atomic E-state index is 0.239. The zero-order chi connectivity index (χ0) is 14.7. The van der Waals surface area contributed by atoms with Crippen LogP contribution >= 0.6 is 0 Å². The number of piperidine rings is 3. The molecule has 3 fully saturated rings. The van der Waals surface area contributed by atoms with E-state index in [1.807, 2.05) is 12.1 Å². The molecular formula is C18H21N3O. The topological polar surface area (TPSA) is 39.3 Å². The minimum Gasteiger partial charge on any atom is -0.361 e. The van der Waals surface area contributed by atoms with E-state index in [2.05, 4.69) is 27.0 Å². The van der Waals surface area contributed by atoms with E-state index in [1.54, 1.807) is 0 Å². The van der Waals surface area contributed by atoms with Crippen LogP contribution in [0.3, 0.4) is 0 Å². The van der Waals surface area contributed by atoms with Gasteiger partial charge in [0.2, 0.25) is 0 Å². The van der Waals surface area contributed by atoms with E-state index in [4.69, 9.17) is 0 Å². The van der Waals surface area contributed by atoms with Crippen LogP contribution < -0.4 is 0 Å². The minimum absolute atomic E-state index is 0.239. The molecule has 4 nitrogen and oxygen atoms in total. The molecule has 0 aliphatic carbocycles. The van der Waals surface area contributed by atoms with Gasteiger partial charge in [0, 0.05) is 41.8 Å². The van der Waals surface area contributed by atoms with Crippen molar-refractivity contribution in [3.05, 3.63) is 35.5 Å². The first-order valence-corrected chi connectivity index (χ1v) is 8.43. The molecule has 3 saturated heterocycles. The summed E-state index contributed by atoms with van der Waals surface area (Å²) in [5.41, 5.74) is 3.28. The third-order valence-corrected chi connectivity index (χ3v) is 5.92. The first kappa shape index (κ1) is 12.7. The maximum Gasteiger partial charge on any atom is 0.254 e. The summed E-state index contributed by atoms with van der Waals surface area (Å²) in [5, 5.41) is 1.15. The normalized spacial score (nSPS) is 30.8. The second-order valence-corrected chi connectivity index (χ2v) is 7.00. The summed E-state index contributed by atoms with van der Waals surface area (Å²) in [5.74, 6) is 0.940. The van der Waals surface area contributed by atoms with Gasteiger partial charge in [-0.1, -0.05) is 6.07 Å². The lowest BCUT2D eigenvalue weighted by Crippen LogP contribution is -2.58. The molecule has 1 aromatic carbocycles. The van der Waals surface area contributed by atoms with E-state index in [-0.39, 0.29) is 5.91 Å². The van der Waals surface area contributed by atoms with E-state index in [1.165, 1.54) is 31.5 Å². The fourth-order valence-electron chi connectivity index (χ4n) is 4.73. The van der Waals surface area contributed by atoms with Crippen LogP contribution in [0.15, 0.2) is 24.4 Å². The number of rotatable bonds is 1. The lowest BCUT2D eigenvalue weighted by molar-refractivity contribution is 0.00827. The summed E-state index contributed by atoms with van der Waals surface area (Å²) in [7, 11) is 0. The molecule has 0 unspecified atom stereocenters. The van der Waals surface area contributed by atoms with Crippen molar-refractivity contribution in [2.75, 3.05) is 26.2 Å². The van der Waals surface area contributed by atoms with Crippen LogP contribution in [0.4, 0.5) is 0 Å². The SMILES string of the molecule is O=C1c2cccc3[nH]cc(c23)CCN1[C@H]1CN2CCC1CC2. The average molecular weight is 295 g/mol. The molecule has 22 heavy (non-hydrogen) atoms. The van der Waals surface area contributed by atoms with Crippen LogP contribution in [0, 0.1) is 5.92 Å². The Labute approximate surface area is 130 Å². The van der Waals surface area contributed by atoms with Crippen LogP contribution in [0.1, 0.15) is 28.8 Å². The van der Waals surface area contributed by atoms with E-state index in [0.717, 1.165) is 36.0 Å². The van der Waals surface area contributed by atoms with Crippen molar-refractivity contribution in [1.82, 2.24) is 14.8 Å². The third-order valence-electron chi connectivity index (χ3n) is 5.92. The van der Waals surface area contributed by atoms with Crippen molar-refractivity contribution < 1.29 is 4.79 Å². The number of fused-ring (bicyclic) bond motifs is 3. The quantitative estimate of drug-likeness (QED) is 0.876. The Bertz CT molecular complexity index is 742. The standard InChI is InChI=1S/C18H21N3O/c22-18-14-2-1-3-15-17(14)13(10-19-15)6-9-21(18)16-11-20-7-4-12(16)5-8-20/h1-3,10,12,16,19H,4-9,11H2/t16-/m0/s1. The highest BCUT2D eigenvalue weighted by Gasteiger charge is 2.40. The number of carbonyl (C=O) groups excluding carboxylic acids is 1. The van der Waals surface area contributed by atoms with Gasteiger partial charge in [-0.3, -0.25) is 4.79 Å². The zero-order valence-corrected chi connectivity index (χ0v) is 12.7. The van der Waals surface area contributed by atoms with Gasteiger partial charge >= 0.3 is 0 Å². The van der Waals surface area contributed by atoms with E-state index in [0.29, 0.717) is 12.0 Å². The average Bonchev–Trinajstić information content (AvgIpc) is 2.93. The first-order chi connectivity index (χ1) is 10.8. The number of nitrogens with one attached hydrogen (secondary N) is 1. The van der Waals surface area contributed by atoms with Crippen LogP contribution in [0.25, 0.3) is 10.9 Å². The van der Waals surface area contributed by atoms with E-state index in [9.17, 15) is 4.79 Å². The van der Waals surface area contributed by atoms with Crippen LogP contribution in [0.2, 0.25) is 0 Å². The van der Waals surface area contributed by atoms with Crippen LogP contribution in [-0.4, -0.2) is 52.9 Å². The molecule has 1 N–H and O–H groups in total. The number of amides is 1. The van der Waals surface area contributed by atoms with Crippen molar-refractivity contribution >= 4 is 16.8 Å². The number of benzene rings is 1. The van der Waals surface area contributed by atoms with Gasteiger partial charge in [-0.2, -0.15) is 0 Å². The molecule has 0 saturated carbocycles. The summed E-state index contributed by atoms with van der Waals surface area (Å²) in [6.45, 7) is 4.37. The monoisotopic (exact) mass is 295 g/mol. The number of aromatic nitrogens is 1. The number of H-pyrrole nitrogens is 1. The van der Waals surface area contributed by atoms with E-state index >= 15 is 0 Å².